The molecule has 0 spiro atoms. The number of rotatable bonds is 9. The van der Waals surface area contributed by atoms with Crippen LogP contribution in [0.4, 0.5) is 5.13 Å². The quantitative estimate of drug-likeness (QED) is 0.544. The number of carbonyl (C=O) groups excluding carboxylic acids is 2. The summed E-state index contributed by atoms with van der Waals surface area (Å²) in [5.74, 6) is 0.153. The first-order valence-corrected chi connectivity index (χ1v) is 11.4. The Balaban J connectivity index is 1.31. The summed E-state index contributed by atoms with van der Waals surface area (Å²) in [5, 5.41) is 12.4. The standard InChI is InChI=1S/C24H26N4O2S/c1-17-6-5-9-20(16-17)22-26-27-24(31-22)25-21(29)13-15-28(23(30)19-10-11-19)14-12-18-7-3-2-4-8-18/h2-9,16,19H,10-15H2,1H3,(H,25,27,29). The minimum Gasteiger partial charge on any atom is -0.342 e. The lowest BCUT2D eigenvalue weighted by molar-refractivity contribution is -0.132. The van der Waals surface area contributed by atoms with Crippen molar-refractivity contribution in [2.45, 2.75) is 32.6 Å². The lowest BCUT2D eigenvalue weighted by Gasteiger charge is -2.22. The molecule has 3 aromatic rings. The van der Waals surface area contributed by atoms with Crippen LogP contribution in [0.1, 0.15) is 30.4 Å². The molecule has 7 heteroatoms. The average molecular weight is 435 g/mol. The largest absolute Gasteiger partial charge is 0.342 e. The fraction of sp³-hybridized carbons (Fsp3) is 0.333. The van der Waals surface area contributed by atoms with Gasteiger partial charge in [-0.2, -0.15) is 0 Å². The van der Waals surface area contributed by atoms with Crippen LogP contribution in [0.25, 0.3) is 10.6 Å². The van der Waals surface area contributed by atoms with E-state index in [9.17, 15) is 9.59 Å². The van der Waals surface area contributed by atoms with Crippen LogP contribution in [0.3, 0.4) is 0 Å². The third-order valence-corrected chi connectivity index (χ3v) is 6.18. The number of nitrogens with one attached hydrogen (secondary N) is 1. The molecule has 0 bridgehead atoms. The zero-order valence-corrected chi connectivity index (χ0v) is 18.4. The number of anilines is 1. The predicted octanol–water partition coefficient (Wildman–Crippen LogP) is 4.32. The number of aryl methyl sites for hydroxylation is 1. The summed E-state index contributed by atoms with van der Waals surface area (Å²) in [4.78, 5) is 27.0. The van der Waals surface area contributed by atoms with Crippen LogP contribution < -0.4 is 5.32 Å². The highest BCUT2D eigenvalue weighted by atomic mass is 32.1. The molecule has 0 atom stereocenters. The van der Waals surface area contributed by atoms with E-state index >= 15 is 0 Å². The van der Waals surface area contributed by atoms with Crippen molar-refractivity contribution in [3.8, 4) is 10.6 Å². The van der Waals surface area contributed by atoms with Gasteiger partial charge >= 0.3 is 0 Å². The Morgan fingerprint density at radius 1 is 1.06 bits per heavy atom. The van der Waals surface area contributed by atoms with E-state index in [0.717, 1.165) is 35.4 Å². The molecular weight excluding hydrogens is 408 g/mol. The molecule has 0 radical (unpaired) electrons. The van der Waals surface area contributed by atoms with Crippen molar-refractivity contribution in [2.75, 3.05) is 18.4 Å². The van der Waals surface area contributed by atoms with Gasteiger partial charge in [-0.1, -0.05) is 65.4 Å². The van der Waals surface area contributed by atoms with Crippen molar-refractivity contribution < 1.29 is 9.59 Å². The second-order valence-electron chi connectivity index (χ2n) is 7.92. The maximum Gasteiger partial charge on any atom is 0.227 e. The summed E-state index contributed by atoms with van der Waals surface area (Å²) in [6, 6.07) is 18.1. The van der Waals surface area contributed by atoms with E-state index < -0.39 is 0 Å². The fourth-order valence-corrected chi connectivity index (χ4v) is 4.17. The van der Waals surface area contributed by atoms with Crippen LogP contribution in [0.15, 0.2) is 54.6 Å². The molecule has 2 amide bonds. The van der Waals surface area contributed by atoms with Gasteiger partial charge in [0.1, 0.15) is 5.01 Å². The molecule has 1 aliphatic carbocycles. The number of nitrogens with zero attached hydrogens (tertiary/aromatic N) is 3. The highest BCUT2D eigenvalue weighted by Gasteiger charge is 2.33. The Morgan fingerprint density at radius 2 is 1.87 bits per heavy atom. The molecule has 1 aromatic heterocycles. The maximum atomic E-state index is 12.7. The molecule has 4 rings (SSSR count). The minimum atomic E-state index is -0.153. The van der Waals surface area contributed by atoms with E-state index in [1.807, 2.05) is 54.3 Å². The summed E-state index contributed by atoms with van der Waals surface area (Å²) in [6.45, 7) is 3.07. The first-order chi connectivity index (χ1) is 15.1. The SMILES string of the molecule is Cc1cccc(-c2nnc(NC(=O)CCN(CCc3ccccc3)C(=O)C3CC3)s2)c1. The molecule has 1 fully saturated rings. The third kappa shape index (κ3) is 5.98. The van der Waals surface area contributed by atoms with Crippen LogP contribution in [0.2, 0.25) is 0 Å². The summed E-state index contributed by atoms with van der Waals surface area (Å²) in [5.41, 5.74) is 3.33. The molecular formula is C24H26N4O2S. The van der Waals surface area contributed by atoms with Crippen LogP contribution in [-0.4, -0.2) is 40.0 Å². The minimum absolute atomic E-state index is 0.138. The van der Waals surface area contributed by atoms with Crippen molar-refractivity contribution in [3.63, 3.8) is 0 Å². The summed E-state index contributed by atoms with van der Waals surface area (Å²) < 4.78 is 0. The number of benzene rings is 2. The van der Waals surface area contributed by atoms with E-state index in [0.29, 0.717) is 18.2 Å². The Bertz CT molecular complexity index is 1050. The Hall–Kier alpha value is -3.06. The van der Waals surface area contributed by atoms with Gasteiger partial charge in [-0.05, 0) is 37.8 Å². The number of hydrogen-bond donors (Lipinski definition) is 1. The van der Waals surface area contributed by atoms with Crippen LogP contribution in [0.5, 0.6) is 0 Å². The monoisotopic (exact) mass is 434 g/mol. The Kier molecular flexibility index (Phi) is 6.72. The van der Waals surface area contributed by atoms with E-state index in [-0.39, 0.29) is 24.2 Å². The van der Waals surface area contributed by atoms with Crippen LogP contribution in [-0.2, 0) is 16.0 Å². The van der Waals surface area contributed by atoms with Gasteiger partial charge in [0.25, 0.3) is 0 Å². The van der Waals surface area contributed by atoms with Crippen LogP contribution >= 0.6 is 11.3 Å². The lowest BCUT2D eigenvalue weighted by atomic mass is 10.1. The first-order valence-electron chi connectivity index (χ1n) is 10.6. The van der Waals surface area contributed by atoms with Crippen molar-refractivity contribution in [2.24, 2.45) is 5.92 Å². The topological polar surface area (TPSA) is 75.2 Å². The lowest BCUT2D eigenvalue weighted by Crippen LogP contribution is -2.36. The predicted molar refractivity (Wildman–Crippen MR) is 123 cm³/mol. The highest BCUT2D eigenvalue weighted by Crippen LogP contribution is 2.31. The summed E-state index contributed by atoms with van der Waals surface area (Å²) in [6.07, 6.45) is 2.95. The van der Waals surface area contributed by atoms with Gasteiger partial charge in [0.2, 0.25) is 16.9 Å². The van der Waals surface area contributed by atoms with Gasteiger partial charge in [-0.3, -0.25) is 9.59 Å². The van der Waals surface area contributed by atoms with E-state index in [2.05, 4.69) is 27.6 Å². The molecule has 1 heterocycles. The highest BCUT2D eigenvalue weighted by molar-refractivity contribution is 7.18. The normalized spacial score (nSPS) is 13.1. The number of aromatic nitrogens is 2. The van der Waals surface area contributed by atoms with Gasteiger partial charge in [0, 0.05) is 31.0 Å². The van der Waals surface area contributed by atoms with Gasteiger partial charge in [0.15, 0.2) is 0 Å². The summed E-state index contributed by atoms with van der Waals surface area (Å²) in [7, 11) is 0. The van der Waals surface area contributed by atoms with E-state index in [1.54, 1.807) is 0 Å². The van der Waals surface area contributed by atoms with Crippen molar-refractivity contribution in [3.05, 3.63) is 65.7 Å². The van der Waals surface area contributed by atoms with Crippen molar-refractivity contribution in [1.29, 1.82) is 0 Å². The third-order valence-electron chi connectivity index (χ3n) is 5.30. The van der Waals surface area contributed by atoms with Gasteiger partial charge in [0.05, 0.1) is 0 Å². The van der Waals surface area contributed by atoms with E-state index in [1.165, 1.54) is 16.9 Å². The molecule has 0 unspecified atom stereocenters. The number of hydrogen-bond acceptors (Lipinski definition) is 5. The molecule has 2 aromatic carbocycles. The Labute approximate surface area is 186 Å². The fourth-order valence-electron chi connectivity index (χ4n) is 3.42. The molecule has 1 saturated carbocycles. The molecule has 6 nitrogen and oxygen atoms in total. The van der Waals surface area contributed by atoms with Gasteiger partial charge in [-0.15, -0.1) is 10.2 Å². The first kappa shape index (κ1) is 21.2. The number of carbonyl (C=O) groups is 2. The second-order valence-corrected chi connectivity index (χ2v) is 8.89. The zero-order valence-electron chi connectivity index (χ0n) is 17.6. The zero-order chi connectivity index (χ0) is 21.6. The van der Waals surface area contributed by atoms with Crippen molar-refractivity contribution >= 4 is 28.3 Å². The van der Waals surface area contributed by atoms with Crippen LogP contribution in [0, 0.1) is 12.8 Å². The molecule has 1 N–H and O–H groups in total. The van der Waals surface area contributed by atoms with Gasteiger partial charge < -0.3 is 10.2 Å². The molecule has 0 saturated heterocycles. The maximum absolute atomic E-state index is 12.7. The van der Waals surface area contributed by atoms with Crippen molar-refractivity contribution in [1.82, 2.24) is 15.1 Å². The molecule has 31 heavy (non-hydrogen) atoms. The molecule has 0 aliphatic heterocycles. The van der Waals surface area contributed by atoms with E-state index in [4.69, 9.17) is 0 Å². The second kappa shape index (κ2) is 9.83. The smallest absolute Gasteiger partial charge is 0.227 e. The Morgan fingerprint density at radius 3 is 2.61 bits per heavy atom. The van der Waals surface area contributed by atoms with Gasteiger partial charge in [-0.25, -0.2) is 0 Å². The molecule has 1 aliphatic rings. The molecule has 160 valence electrons. The summed E-state index contributed by atoms with van der Waals surface area (Å²) >= 11 is 1.35. The number of amides is 2. The average Bonchev–Trinajstić information content (AvgIpc) is 3.53.